The topological polar surface area (TPSA) is 59.0 Å². The number of rotatable bonds is 4. The highest BCUT2D eigenvalue weighted by Crippen LogP contribution is 2.29. The van der Waals surface area contributed by atoms with Crippen LogP contribution in [0.1, 0.15) is 47.9 Å². The molecule has 2 aliphatic rings. The molecule has 5 nitrogen and oxygen atoms in total. The first-order valence-electron chi connectivity index (χ1n) is 9.31. The number of nitrogens with zero attached hydrogens (tertiary/aromatic N) is 2. The molecule has 0 radical (unpaired) electrons. The van der Waals surface area contributed by atoms with E-state index in [2.05, 4.69) is 22.7 Å². The number of hydrogen-bond acceptors (Lipinski definition) is 3. The first-order chi connectivity index (χ1) is 12.2. The van der Waals surface area contributed by atoms with E-state index >= 15 is 0 Å². The molecule has 0 bridgehead atoms. The molecule has 26 heavy (non-hydrogen) atoms. The SMILES string of the molecule is CC1(CNC(=O)c2nn(-c3ccccc3)c3c2CCC3)CCNCC1.Cl. The van der Waals surface area contributed by atoms with E-state index in [1.807, 2.05) is 35.0 Å². The number of amides is 1. The molecule has 0 spiro atoms. The van der Waals surface area contributed by atoms with Gasteiger partial charge in [-0.25, -0.2) is 4.68 Å². The van der Waals surface area contributed by atoms with Crippen molar-refractivity contribution in [2.45, 2.75) is 39.0 Å². The summed E-state index contributed by atoms with van der Waals surface area (Å²) >= 11 is 0. The van der Waals surface area contributed by atoms with Gasteiger partial charge >= 0.3 is 0 Å². The summed E-state index contributed by atoms with van der Waals surface area (Å²) in [6.07, 6.45) is 5.25. The van der Waals surface area contributed by atoms with Gasteiger partial charge in [-0.3, -0.25) is 4.79 Å². The fraction of sp³-hybridized carbons (Fsp3) is 0.500. The molecule has 2 heterocycles. The normalized spacial score (nSPS) is 18.0. The second-order valence-electron chi connectivity index (χ2n) is 7.62. The molecule has 1 aromatic heterocycles. The largest absolute Gasteiger partial charge is 0.350 e. The van der Waals surface area contributed by atoms with Gasteiger partial charge in [0.25, 0.3) is 5.91 Å². The van der Waals surface area contributed by atoms with Crippen molar-refractivity contribution in [1.82, 2.24) is 20.4 Å². The van der Waals surface area contributed by atoms with Crippen molar-refractivity contribution >= 4 is 18.3 Å². The lowest BCUT2D eigenvalue weighted by atomic mass is 9.81. The molecule has 2 N–H and O–H groups in total. The van der Waals surface area contributed by atoms with Crippen molar-refractivity contribution in [2.24, 2.45) is 5.41 Å². The Morgan fingerprint density at radius 3 is 2.69 bits per heavy atom. The first kappa shape index (κ1) is 18.9. The third-order valence-electron chi connectivity index (χ3n) is 5.63. The van der Waals surface area contributed by atoms with Crippen LogP contribution in [-0.2, 0) is 12.8 Å². The number of carbonyl (C=O) groups excluding carboxylic acids is 1. The predicted octanol–water partition coefficient (Wildman–Crippen LogP) is 2.90. The fourth-order valence-electron chi connectivity index (χ4n) is 3.99. The van der Waals surface area contributed by atoms with E-state index in [4.69, 9.17) is 0 Å². The average molecular weight is 375 g/mol. The summed E-state index contributed by atoms with van der Waals surface area (Å²) in [5.74, 6) is -0.0208. The number of halogens is 1. The minimum atomic E-state index is -0.0208. The molecule has 0 atom stereocenters. The molecule has 0 unspecified atom stereocenters. The zero-order valence-electron chi connectivity index (χ0n) is 15.3. The van der Waals surface area contributed by atoms with Crippen molar-refractivity contribution in [3.05, 3.63) is 47.3 Å². The number of aromatic nitrogens is 2. The minimum absolute atomic E-state index is 0. The van der Waals surface area contributed by atoms with Crippen LogP contribution in [0.2, 0.25) is 0 Å². The zero-order chi connectivity index (χ0) is 17.3. The lowest BCUT2D eigenvalue weighted by Gasteiger charge is -2.34. The van der Waals surface area contributed by atoms with Gasteiger partial charge in [0.2, 0.25) is 0 Å². The highest BCUT2D eigenvalue weighted by molar-refractivity contribution is 5.94. The first-order valence-corrected chi connectivity index (χ1v) is 9.31. The molecule has 1 aromatic carbocycles. The van der Waals surface area contributed by atoms with Crippen molar-refractivity contribution in [1.29, 1.82) is 0 Å². The molecular formula is C20H27ClN4O. The molecule has 1 aliphatic heterocycles. The van der Waals surface area contributed by atoms with Crippen LogP contribution < -0.4 is 10.6 Å². The van der Waals surface area contributed by atoms with E-state index in [9.17, 15) is 4.79 Å². The molecule has 1 aliphatic carbocycles. The van der Waals surface area contributed by atoms with Crippen LogP contribution in [0.25, 0.3) is 5.69 Å². The Morgan fingerprint density at radius 1 is 1.23 bits per heavy atom. The van der Waals surface area contributed by atoms with Crippen molar-refractivity contribution in [3.8, 4) is 5.69 Å². The molecule has 0 saturated carbocycles. The maximum atomic E-state index is 12.8. The van der Waals surface area contributed by atoms with Crippen LogP contribution in [0.3, 0.4) is 0 Å². The Balaban J connectivity index is 0.00000196. The van der Waals surface area contributed by atoms with Crippen LogP contribution in [0.5, 0.6) is 0 Å². The molecular weight excluding hydrogens is 348 g/mol. The molecule has 6 heteroatoms. The van der Waals surface area contributed by atoms with E-state index in [0.717, 1.165) is 63.0 Å². The second-order valence-corrected chi connectivity index (χ2v) is 7.62. The molecule has 2 aromatic rings. The van der Waals surface area contributed by atoms with Gasteiger partial charge in [-0.15, -0.1) is 12.4 Å². The van der Waals surface area contributed by atoms with E-state index < -0.39 is 0 Å². The molecule has 1 fully saturated rings. The van der Waals surface area contributed by atoms with Gasteiger partial charge in [0.15, 0.2) is 5.69 Å². The number of nitrogens with one attached hydrogen (secondary N) is 2. The molecule has 1 amide bonds. The summed E-state index contributed by atoms with van der Waals surface area (Å²) in [5.41, 5.74) is 4.17. The highest BCUT2D eigenvalue weighted by atomic mass is 35.5. The lowest BCUT2D eigenvalue weighted by Crippen LogP contribution is -2.43. The third-order valence-corrected chi connectivity index (χ3v) is 5.63. The van der Waals surface area contributed by atoms with Crippen LogP contribution in [0.15, 0.2) is 30.3 Å². The number of fused-ring (bicyclic) bond motifs is 1. The number of carbonyl (C=O) groups is 1. The number of hydrogen-bond donors (Lipinski definition) is 2. The van der Waals surface area contributed by atoms with Crippen LogP contribution in [0.4, 0.5) is 0 Å². The zero-order valence-corrected chi connectivity index (χ0v) is 16.1. The van der Waals surface area contributed by atoms with Gasteiger partial charge < -0.3 is 10.6 Å². The molecule has 4 rings (SSSR count). The third kappa shape index (κ3) is 3.64. The van der Waals surface area contributed by atoms with E-state index in [1.165, 1.54) is 5.69 Å². The maximum Gasteiger partial charge on any atom is 0.272 e. The molecule has 140 valence electrons. The number of piperidine rings is 1. The minimum Gasteiger partial charge on any atom is -0.350 e. The Labute approximate surface area is 161 Å². The fourth-order valence-corrected chi connectivity index (χ4v) is 3.99. The lowest BCUT2D eigenvalue weighted by molar-refractivity contribution is 0.0916. The van der Waals surface area contributed by atoms with Crippen molar-refractivity contribution in [3.63, 3.8) is 0 Å². The molecule has 1 saturated heterocycles. The smallest absolute Gasteiger partial charge is 0.272 e. The van der Waals surface area contributed by atoms with Gasteiger partial charge in [-0.2, -0.15) is 5.10 Å². The van der Waals surface area contributed by atoms with Gasteiger partial charge in [0.05, 0.1) is 5.69 Å². The summed E-state index contributed by atoms with van der Waals surface area (Å²) in [6, 6.07) is 10.1. The number of benzene rings is 1. The van der Waals surface area contributed by atoms with Crippen LogP contribution in [-0.4, -0.2) is 35.3 Å². The maximum absolute atomic E-state index is 12.8. The van der Waals surface area contributed by atoms with Gasteiger partial charge in [0, 0.05) is 17.8 Å². The number of para-hydroxylation sites is 1. The standard InChI is InChI=1S/C20H26N4O.ClH/c1-20(10-12-21-13-11-20)14-22-19(25)18-16-8-5-9-17(16)24(23-18)15-6-3-2-4-7-15;/h2-4,6-7,21H,5,8-14H2,1H3,(H,22,25);1H. The van der Waals surface area contributed by atoms with E-state index in [1.54, 1.807) is 0 Å². The van der Waals surface area contributed by atoms with Gasteiger partial charge in [0.1, 0.15) is 0 Å². The van der Waals surface area contributed by atoms with Gasteiger partial charge in [-0.05, 0) is 62.7 Å². The Bertz CT molecular complexity index is 766. The summed E-state index contributed by atoms with van der Waals surface area (Å²) in [6.45, 7) is 5.05. The summed E-state index contributed by atoms with van der Waals surface area (Å²) in [4.78, 5) is 12.8. The monoisotopic (exact) mass is 374 g/mol. The Hall–Kier alpha value is -1.85. The van der Waals surface area contributed by atoms with E-state index in [-0.39, 0.29) is 23.7 Å². The van der Waals surface area contributed by atoms with Gasteiger partial charge in [-0.1, -0.05) is 25.1 Å². The summed E-state index contributed by atoms with van der Waals surface area (Å²) < 4.78 is 1.96. The quantitative estimate of drug-likeness (QED) is 0.865. The predicted molar refractivity (Wildman–Crippen MR) is 105 cm³/mol. The van der Waals surface area contributed by atoms with Crippen LogP contribution in [0, 0.1) is 5.41 Å². The highest BCUT2D eigenvalue weighted by Gasteiger charge is 2.30. The summed E-state index contributed by atoms with van der Waals surface area (Å²) in [5, 5.41) is 11.2. The second kappa shape index (κ2) is 7.80. The van der Waals surface area contributed by atoms with Crippen molar-refractivity contribution in [2.75, 3.05) is 19.6 Å². The Kier molecular flexibility index (Phi) is 5.68. The van der Waals surface area contributed by atoms with Crippen LogP contribution >= 0.6 is 12.4 Å². The Morgan fingerprint density at radius 2 is 1.96 bits per heavy atom. The summed E-state index contributed by atoms with van der Waals surface area (Å²) in [7, 11) is 0. The van der Waals surface area contributed by atoms with E-state index in [0.29, 0.717) is 5.69 Å². The van der Waals surface area contributed by atoms with Crippen molar-refractivity contribution < 1.29 is 4.79 Å². The average Bonchev–Trinajstić information content (AvgIpc) is 3.24.